The molecule has 0 N–H and O–H groups in total. The Morgan fingerprint density at radius 3 is 2.77 bits per heavy atom. The van der Waals surface area contributed by atoms with Gasteiger partial charge in [0.2, 0.25) is 0 Å². The summed E-state index contributed by atoms with van der Waals surface area (Å²) in [6, 6.07) is 3.50. The smallest absolute Gasteiger partial charge is 0.151 e. The average Bonchev–Trinajstić information content (AvgIpc) is 2.06. The highest BCUT2D eigenvalue weighted by Crippen LogP contribution is 2.14. The molecule has 0 saturated carbocycles. The molecule has 70 valence electrons. The summed E-state index contributed by atoms with van der Waals surface area (Å²) in [7, 11) is 0. The average molecular weight is 202 g/mol. The van der Waals surface area contributed by atoms with Gasteiger partial charge in [0.1, 0.15) is 6.17 Å². The summed E-state index contributed by atoms with van der Waals surface area (Å²) in [6.45, 7) is 1.67. The molecule has 0 amide bonds. The third-order valence-corrected chi connectivity index (χ3v) is 2.19. The minimum absolute atomic E-state index is 0.385. The van der Waals surface area contributed by atoms with Crippen molar-refractivity contribution in [1.29, 1.82) is 0 Å². The third kappa shape index (κ3) is 2.14. The maximum absolute atomic E-state index is 12.4. The minimum Gasteiger partial charge on any atom is -0.292 e. The SMILES string of the molecule is FC1CN(Cc2ccc(Cl)nn2)C1. The van der Waals surface area contributed by atoms with Gasteiger partial charge in [0.25, 0.3) is 0 Å². The first kappa shape index (κ1) is 8.84. The molecule has 0 spiro atoms. The van der Waals surface area contributed by atoms with Crippen LogP contribution in [-0.4, -0.2) is 34.4 Å². The standard InChI is InChI=1S/C8H9ClFN3/c9-8-2-1-7(11-12-8)5-13-3-6(10)4-13/h1-2,6H,3-5H2. The van der Waals surface area contributed by atoms with Crippen molar-refractivity contribution in [2.75, 3.05) is 13.1 Å². The molecule has 1 fully saturated rings. The largest absolute Gasteiger partial charge is 0.292 e. The van der Waals surface area contributed by atoms with Crippen LogP contribution in [0.3, 0.4) is 0 Å². The van der Waals surface area contributed by atoms with Crippen LogP contribution in [0.5, 0.6) is 0 Å². The summed E-state index contributed by atoms with van der Waals surface area (Å²) in [5.41, 5.74) is 0.830. The molecule has 0 aromatic carbocycles. The van der Waals surface area contributed by atoms with Crippen LogP contribution in [0.1, 0.15) is 5.69 Å². The minimum atomic E-state index is -0.666. The molecule has 1 aliphatic heterocycles. The number of halogens is 2. The highest BCUT2D eigenvalue weighted by atomic mass is 35.5. The van der Waals surface area contributed by atoms with Crippen molar-refractivity contribution in [3.8, 4) is 0 Å². The van der Waals surface area contributed by atoms with Crippen molar-refractivity contribution in [2.24, 2.45) is 0 Å². The van der Waals surface area contributed by atoms with Crippen LogP contribution in [0.25, 0.3) is 0 Å². The van der Waals surface area contributed by atoms with E-state index in [1.54, 1.807) is 12.1 Å². The lowest BCUT2D eigenvalue weighted by molar-refractivity contribution is 0.0578. The lowest BCUT2D eigenvalue weighted by Gasteiger charge is -2.33. The van der Waals surface area contributed by atoms with E-state index in [-0.39, 0.29) is 0 Å². The van der Waals surface area contributed by atoms with Gasteiger partial charge in [0, 0.05) is 19.6 Å². The number of aromatic nitrogens is 2. The molecule has 0 bridgehead atoms. The van der Waals surface area contributed by atoms with Gasteiger partial charge >= 0.3 is 0 Å². The molecule has 1 aromatic heterocycles. The molecule has 1 saturated heterocycles. The number of hydrogen-bond donors (Lipinski definition) is 0. The normalized spacial score (nSPS) is 18.6. The molecular weight excluding hydrogens is 193 g/mol. The van der Waals surface area contributed by atoms with Crippen LogP contribution in [0.15, 0.2) is 12.1 Å². The van der Waals surface area contributed by atoms with Crippen LogP contribution < -0.4 is 0 Å². The van der Waals surface area contributed by atoms with E-state index in [0.29, 0.717) is 24.8 Å². The van der Waals surface area contributed by atoms with Gasteiger partial charge in [0.15, 0.2) is 5.15 Å². The fourth-order valence-electron chi connectivity index (χ4n) is 1.29. The predicted molar refractivity (Wildman–Crippen MR) is 47.2 cm³/mol. The predicted octanol–water partition coefficient (Wildman–Crippen LogP) is 1.28. The summed E-state index contributed by atoms with van der Waals surface area (Å²) in [4.78, 5) is 1.97. The van der Waals surface area contributed by atoms with Gasteiger partial charge in [-0.2, -0.15) is 5.10 Å². The number of nitrogens with zero attached hydrogens (tertiary/aromatic N) is 3. The Hall–Kier alpha value is -0.740. The fourth-order valence-corrected chi connectivity index (χ4v) is 1.39. The zero-order chi connectivity index (χ0) is 9.26. The molecule has 0 unspecified atom stereocenters. The van der Waals surface area contributed by atoms with E-state index in [1.165, 1.54) is 0 Å². The topological polar surface area (TPSA) is 29.0 Å². The Balaban J connectivity index is 1.91. The van der Waals surface area contributed by atoms with E-state index in [0.717, 1.165) is 5.69 Å². The second-order valence-corrected chi connectivity index (χ2v) is 3.53. The van der Waals surface area contributed by atoms with Crippen molar-refractivity contribution in [1.82, 2.24) is 15.1 Å². The number of alkyl halides is 1. The molecule has 0 atom stereocenters. The van der Waals surface area contributed by atoms with E-state index in [1.807, 2.05) is 4.90 Å². The van der Waals surface area contributed by atoms with E-state index in [2.05, 4.69) is 10.2 Å². The summed E-state index contributed by atoms with van der Waals surface area (Å²) >= 11 is 5.57. The van der Waals surface area contributed by atoms with Gasteiger partial charge < -0.3 is 0 Å². The Morgan fingerprint density at radius 2 is 2.23 bits per heavy atom. The lowest BCUT2D eigenvalue weighted by Crippen LogP contribution is -2.47. The van der Waals surface area contributed by atoms with Crippen molar-refractivity contribution in [2.45, 2.75) is 12.7 Å². The third-order valence-electron chi connectivity index (χ3n) is 1.99. The zero-order valence-corrected chi connectivity index (χ0v) is 7.71. The fraction of sp³-hybridized carbons (Fsp3) is 0.500. The van der Waals surface area contributed by atoms with E-state index < -0.39 is 6.17 Å². The first-order chi connectivity index (χ1) is 6.24. The zero-order valence-electron chi connectivity index (χ0n) is 6.95. The molecule has 1 aromatic rings. The number of hydrogen-bond acceptors (Lipinski definition) is 3. The first-order valence-corrected chi connectivity index (χ1v) is 4.46. The molecule has 1 aliphatic rings. The van der Waals surface area contributed by atoms with E-state index in [4.69, 9.17) is 11.6 Å². The van der Waals surface area contributed by atoms with Gasteiger partial charge in [-0.05, 0) is 12.1 Å². The second kappa shape index (κ2) is 3.55. The summed E-state index contributed by atoms with van der Waals surface area (Å²) in [6.07, 6.45) is -0.666. The van der Waals surface area contributed by atoms with E-state index in [9.17, 15) is 4.39 Å². The maximum Gasteiger partial charge on any atom is 0.151 e. The number of rotatable bonds is 2. The summed E-state index contributed by atoms with van der Waals surface area (Å²) in [5.74, 6) is 0. The van der Waals surface area contributed by atoms with E-state index >= 15 is 0 Å². The van der Waals surface area contributed by atoms with Gasteiger partial charge in [-0.15, -0.1) is 5.10 Å². The summed E-state index contributed by atoms with van der Waals surface area (Å²) in [5, 5.41) is 7.97. The Labute approximate surface area is 80.5 Å². The Bertz CT molecular complexity index is 284. The molecule has 3 nitrogen and oxygen atoms in total. The van der Waals surface area contributed by atoms with Crippen LogP contribution in [-0.2, 0) is 6.54 Å². The molecule has 2 heterocycles. The van der Waals surface area contributed by atoms with Crippen LogP contribution in [0.4, 0.5) is 4.39 Å². The summed E-state index contributed by atoms with van der Waals surface area (Å²) < 4.78 is 12.4. The molecule has 0 aliphatic carbocycles. The monoisotopic (exact) mass is 201 g/mol. The Kier molecular flexibility index (Phi) is 2.42. The lowest BCUT2D eigenvalue weighted by atomic mass is 10.2. The molecule has 5 heteroatoms. The molecule has 2 rings (SSSR count). The van der Waals surface area contributed by atoms with Crippen molar-refractivity contribution >= 4 is 11.6 Å². The molecular formula is C8H9ClFN3. The van der Waals surface area contributed by atoms with Crippen LogP contribution in [0.2, 0.25) is 5.15 Å². The Morgan fingerprint density at radius 1 is 1.46 bits per heavy atom. The molecule has 0 radical (unpaired) electrons. The van der Waals surface area contributed by atoms with Gasteiger partial charge in [0.05, 0.1) is 5.69 Å². The molecule has 13 heavy (non-hydrogen) atoms. The van der Waals surface area contributed by atoms with Crippen molar-refractivity contribution in [3.63, 3.8) is 0 Å². The van der Waals surface area contributed by atoms with Crippen LogP contribution >= 0.6 is 11.6 Å². The van der Waals surface area contributed by atoms with Crippen LogP contribution in [0, 0.1) is 0 Å². The highest BCUT2D eigenvalue weighted by molar-refractivity contribution is 6.29. The second-order valence-electron chi connectivity index (χ2n) is 3.14. The maximum atomic E-state index is 12.4. The first-order valence-electron chi connectivity index (χ1n) is 4.08. The van der Waals surface area contributed by atoms with Crippen molar-refractivity contribution < 1.29 is 4.39 Å². The van der Waals surface area contributed by atoms with Gasteiger partial charge in [-0.3, -0.25) is 4.90 Å². The van der Waals surface area contributed by atoms with Gasteiger partial charge in [-0.25, -0.2) is 4.39 Å². The van der Waals surface area contributed by atoms with Crippen molar-refractivity contribution in [3.05, 3.63) is 23.0 Å². The van der Waals surface area contributed by atoms with Gasteiger partial charge in [-0.1, -0.05) is 11.6 Å². The quantitative estimate of drug-likeness (QED) is 0.722. The number of likely N-dealkylation sites (tertiary alicyclic amines) is 1. The highest BCUT2D eigenvalue weighted by Gasteiger charge is 2.26.